The fourth-order valence-corrected chi connectivity index (χ4v) is 3.00. The third kappa shape index (κ3) is 5.30. The Kier molecular flexibility index (Phi) is 6.57. The summed E-state index contributed by atoms with van der Waals surface area (Å²) in [5.41, 5.74) is 1.19. The molecule has 0 radical (unpaired) electrons. The number of β-amino-alcohol motifs (C(OH)–C–C–N with tert-alkyl or cyclic N) is 1. The van der Waals surface area contributed by atoms with Gasteiger partial charge < -0.3 is 15.3 Å². The summed E-state index contributed by atoms with van der Waals surface area (Å²) in [4.78, 5) is 16.4. The third-order valence-electron chi connectivity index (χ3n) is 4.67. The number of rotatable bonds is 6. The van der Waals surface area contributed by atoms with E-state index < -0.39 is 0 Å². The molecule has 2 N–H and O–H groups in total. The Balaban J connectivity index is 1.83. The number of amides is 1. The average molecular weight is 319 g/mol. The summed E-state index contributed by atoms with van der Waals surface area (Å²) in [6, 6.07) is 10.4. The predicted octanol–water partition coefficient (Wildman–Crippen LogP) is 1.11. The van der Waals surface area contributed by atoms with Crippen LogP contribution in [0.25, 0.3) is 0 Å². The minimum Gasteiger partial charge on any atom is -0.392 e. The number of nitrogens with one attached hydrogen (secondary N) is 1. The van der Waals surface area contributed by atoms with Gasteiger partial charge in [0.05, 0.1) is 18.7 Å². The molecule has 0 aromatic heterocycles. The second-order valence-corrected chi connectivity index (χ2v) is 6.76. The van der Waals surface area contributed by atoms with Crippen molar-refractivity contribution in [1.82, 2.24) is 15.1 Å². The number of likely N-dealkylation sites (tertiary alicyclic amines) is 1. The van der Waals surface area contributed by atoms with Gasteiger partial charge in [-0.25, -0.2) is 0 Å². The molecular formula is C18H29N3O2. The van der Waals surface area contributed by atoms with E-state index in [-0.39, 0.29) is 18.1 Å². The molecule has 5 heteroatoms. The van der Waals surface area contributed by atoms with Crippen LogP contribution in [0.3, 0.4) is 0 Å². The van der Waals surface area contributed by atoms with Gasteiger partial charge in [0.1, 0.15) is 0 Å². The number of carbonyl (C=O) groups excluding carboxylic acids is 1. The summed E-state index contributed by atoms with van der Waals surface area (Å²) < 4.78 is 0. The Morgan fingerprint density at radius 1 is 1.39 bits per heavy atom. The van der Waals surface area contributed by atoms with Gasteiger partial charge in [-0.05, 0) is 38.5 Å². The van der Waals surface area contributed by atoms with Crippen LogP contribution >= 0.6 is 0 Å². The van der Waals surface area contributed by atoms with Gasteiger partial charge >= 0.3 is 0 Å². The maximum atomic E-state index is 12.2. The van der Waals surface area contributed by atoms with Gasteiger partial charge in [0.2, 0.25) is 5.91 Å². The lowest BCUT2D eigenvalue weighted by Gasteiger charge is -2.34. The van der Waals surface area contributed by atoms with Gasteiger partial charge in [0.15, 0.2) is 0 Å². The molecule has 23 heavy (non-hydrogen) atoms. The second-order valence-electron chi connectivity index (χ2n) is 6.76. The van der Waals surface area contributed by atoms with Crippen molar-refractivity contribution in [2.45, 2.75) is 25.5 Å². The van der Waals surface area contributed by atoms with Crippen LogP contribution in [-0.4, -0.2) is 67.2 Å². The molecule has 1 aromatic rings. The monoisotopic (exact) mass is 319 g/mol. The Bertz CT molecular complexity index is 492. The van der Waals surface area contributed by atoms with Crippen LogP contribution < -0.4 is 5.32 Å². The van der Waals surface area contributed by atoms with E-state index in [0.29, 0.717) is 25.6 Å². The molecule has 0 spiro atoms. The molecule has 1 aliphatic rings. The topological polar surface area (TPSA) is 55.8 Å². The summed E-state index contributed by atoms with van der Waals surface area (Å²) >= 11 is 0. The van der Waals surface area contributed by atoms with E-state index in [2.05, 4.69) is 29.3 Å². The molecule has 2 rings (SSSR count). The molecular weight excluding hydrogens is 290 g/mol. The number of nitrogens with zero attached hydrogens (tertiary/aromatic N) is 2. The van der Waals surface area contributed by atoms with E-state index >= 15 is 0 Å². The molecule has 0 aliphatic carbocycles. The zero-order valence-electron chi connectivity index (χ0n) is 14.4. The normalized spacial score (nSPS) is 23.7. The Morgan fingerprint density at radius 2 is 2.09 bits per heavy atom. The molecule has 0 bridgehead atoms. The predicted molar refractivity (Wildman–Crippen MR) is 92.1 cm³/mol. The van der Waals surface area contributed by atoms with Gasteiger partial charge in [-0.15, -0.1) is 0 Å². The molecule has 1 fully saturated rings. The number of carbonyl (C=O) groups is 1. The standard InChI is InChI=1S/C18H29N3O2/c1-14-9-10-21(12-17(14)22)13-18(23)19-11-16(20(2)3)15-7-5-4-6-8-15/h4-8,14,16-17,22H,9-13H2,1-3H3,(H,19,23)/t14-,16-,17+/m1/s1. The number of benzene rings is 1. The van der Waals surface area contributed by atoms with Crippen molar-refractivity contribution in [1.29, 1.82) is 0 Å². The summed E-state index contributed by atoms with van der Waals surface area (Å²) in [5, 5.41) is 13.0. The van der Waals surface area contributed by atoms with E-state index in [0.717, 1.165) is 13.0 Å². The SMILES string of the molecule is C[C@@H]1CCN(CC(=O)NC[C@H](c2ccccc2)N(C)C)C[C@@H]1O. The van der Waals surface area contributed by atoms with Crippen LogP contribution in [0, 0.1) is 5.92 Å². The largest absolute Gasteiger partial charge is 0.392 e. The quantitative estimate of drug-likeness (QED) is 0.825. The van der Waals surface area contributed by atoms with Crippen LogP contribution in [0.4, 0.5) is 0 Å². The minimum absolute atomic E-state index is 0.0227. The number of likely N-dealkylation sites (N-methyl/N-ethyl adjacent to an activating group) is 1. The first-order valence-corrected chi connectivity index (χ1v) is 8.36. The Morgan fingerprint density at radius 3 is 2.70 bits per heavy atom. The smallest absolute Gasteiger partial charge is 0.234 e. The number of hydrogen-bond acceptors (Lipinski definition) is 4. The molecule has 3 atom stereocenters. The van der Waals surface area contributed by atoms with Gasteiger partial charge in [0.25, 0.3) is 0 Å². The van der Waals surface area contributed by atoms with E-state index in [9.17, 15) is 9.90 Å². The highest BCUT2D eigenvalue weighted by Crippen LogP contribution is 2.18. The van der Waals surface area contributed by atoms with Gasteiger partial charge in [-0.2, -0.15) is 0 Å². The Hall–Kier alpha value is -1.43. The van der Waals surface area contributed by atoms with Crippen LogP contribution in [0.5, 0.6) is 0 Å². The van der Waals surface area contributed by atoms with Gasteiger partial charge in [-0.3, -0.25) is 9.69 Å². The van der Waals surface area contributed by atoms with Crippen LogP contribution in [0.1, 0.15) is 24.9 Å². The number of aliphatic hydroxyl groups excluding tert-OH is 1. The zero-order valence-corrected chi connectivity index (χ0v) is 14.4. The lowest BCUT2D eigenvalue weighted by Crippen LogP contribution is -2.47. The molecule has 0 saturated carbocycles. The van der Waals surface area contributed by atoms with Crippen molar-refractivity contribution in [3.63, 3.8) is 0 Å². The molecule has 128 valence electrons. The van der Waals surface area contributed by atoms with Crippen molar-refractivity contribution < 1.29 is 9.90 Å². The van der Waals surface area contributed by atoms with Crippen molar-refractivity contribution in [2.24, 2.45) is 5.92 Å². The summed E-state index contributed by atoms with van der Waals surface area (Å²) in [6.07, 6.45) is 0.620. The fourth-order valence-electron chi connectivity index (χ4n) is 3.00. The van der Waals surface area contributed by atoms with E-state index in [1.807, 2.05) is 37.2 Å². The molecule has 1 aromatic carbocycles. The number of hydrogen-bond donors (Lipinski definition) is 2. The molecule has 1 amide bonds. The lowest BCUT2D eigenvalue weighted by atomic mass is 9.96. The third-order valence-corrected chi connectivity index (χ3v) is 4.67. The highest BCUT2D eigenvalue weighted by Gasteiger charge is 2.25. The van der Waals surface area contributed by atoms with E-state index in [4.69, 9.17) is 0 Å². The van der Waals surface area contributed by atoms with Crippen LogP contribution in [-0.2, 0) is 4.79 Å². The zero-order chi connectivity index (χ0) is 16.8. The van der Waals surface area contributed by atoms with Crippen LogP contribution in [0.2, 0.25) is 0 Å². The number of piperidine rings is 1. The highest BCUT2D eigenvalue weighted by atomic mass is 16.3. The van der Waals surface area contributed by atoms with Gasteiger partial charge in [0, 0.05) is 13.1 Å². The first-order chi connectivity index (χ1) is 11.0. The van der Waals surface area contributed by atoms with Crippen LogP contribution in [0.15, 0.2) is 30.3 Å². The van der Waals surface area contributed by atoms with E-state index in [1.54, 1.807) is 0 Å². The average Bonchev–Trinajstić information content (AvgIpc) is 2.52. The summed E-state index contributed by atoms with van der Waals surface area (Å²) in [5.74, 6) is 0.347. The maximum Gasteiger partial charge on any atom is 0.234 e. The first-order valence-electron chi connectivity index (χ1n) is 8.36. The Labute approximate surface area is 139 Å². The van der Waals surface area contributed by atoms with Crippen molar-refractivity contribution >= 4 is 5.91 Å². The lowest BCUT2D eigenvalue weighted by molar-refractivity contribution is -0.123. The number of aliphatic hydroxyl groups is 1. The molecule has 1 aliphatic heterocycles. The van der Waals surface area contributed by atoms with E-state index in [1.165, 1.54) is 5.56 Å². The highest BCUT2D eigenvalue weighted by molar-refractivity contribution is 5.78. The molecule has 0 unspecified atom stereocenters. The summed E-state index contributed by atoms with van der Waals surface area (Å²) in [7, 11) is 4.04. The van der Waals surface area contributed by atoms with Gasteiger partial charge in [-0.1, -0.05) is 37.3 Å². The molecule has 5 nitrogen and oxygen atoms in total. The first kappa shape index (κ1) is 17.9. The molecule has 1 saturated heterocycles. The summed E-state index contributed by atoms with van der Waals surface area (Å²) in [6.45, 7) is 4.47. The van der Waals surface area contributed by atoms with Crippen molar-refractivity contribution in [2.75, 3.05) is 40.3 Å². The van der Waals surface area contributed by atoms with Crippen molar-refractivity contribution in [3.8, 4) is 0 Å². The minimum atomic E-state index is -0.324. The molecule has 1 heterocycles. The maximum absolute atomic E-state index is 12.2. The van der Waals surface area contributed by atoms with Crippen molar-refractivity contribution in [3.05, 3.63) is 35.9 Å². The second kappa shape index (κ2) is 8.43. The fraction of sp³-hybridized carbons (Fsp3) is 0.611.